The highest BCUT2D eigenvalue weighted by Crippen LogP contribution is 2.18. The first-order valence-corrected chi connectivity index (χ1v) is 5.43. The molecule has 0 aliphatic carbocycles. The first-order valence-electron chi connectivity index (χ1n) is 5.43. The number of halogens is 1. The maximum atomic E-state index is 13.5. The van der Waals surface area contributed by atoms with Gasteiger partial charge in [-0.15, -0.1) is 0 Å². The summed E-state index contributed by atoms with van der Waals surface area (Å²) >= 11 is 0. The number of nitrogens with zero attached hydrogens (tertiary/aromatic N) is 1. The van der Waals surface area contributed by atoms with Gasteiger partial charge in [-0.3, -0.25) is 0 Å². The van der Waals surface area contributed by atoms with Gasteiger partial charge in [-0.05, 0) is 19.1 Å². The Labute approximate surface area is 96.0 Å². The molecule has 1 aromatic carbocycles. The fraction of sp³-hybridized carbons (Fsp3) is 0.500. The number of nitrogens with two attached hydrogens (primary N) is 1. The molecule has 0 aliphatic heterocycles. The molecule has 0 spiro atoms. The Morgan fingerprint density at radius 3 is 2.69 bits per heavy atom. The predicted molar refractivity (Wildman–Crippen MR) is 64.1 cm³/mol. The Morgan fingerprint density at radius 1 is 1.44 bits per heavy atom. The third-order valence-electron chi connectivity index (χ3n) is 2.41. The number of anilines is 1. The van der Waals surface area contributed by atoms with Crippen molar-refractivity contribution in [2.24, 2.45) is 5.73 Å². The Balaban J connectivity index is 2.71. The van der Waals surface area contributed by atoms with Gasteiger partial charge in [-0.2, -0.15) is 0 Å². The van der Waals surface area contributed by atoms with Crippen LogP contribution in [0.25, 0.3) is 0 Å². The minimum atomic E-state index is -0.214. The summed E-state index contributed by atoms with van der Waals surface area (Å²) in [5, 5.41) is 0. The monoisotopic (exact) mass is 226 g/mol. The van der Waals surface area contributed by atoms with E-state index in [-0.39, 0.29) is 11.9 Å². The fourth-order valence-electron chi connectivity index (χ4n) is 1.66. The quantitative estimate of drug-likeness (QED) is 0.801. The van der Waals surface area contributed by atoms with Crippen molar-refractivity contribution in [3.8, 4) is 0 Å². The van der Waals surface area contributed by atoms with Gasteiger partial charge in [-0.1, -0.05) is 12.1 Å². The van der Waals surface area contributed by atoms with Crippen LogP contribution >= 0.6 is 0 Å². The number of likely N-dealkylation sites (N-methyl/N-ethyl adjacent to an activating group) is 1. The molecular weight excluding hydrogens is 207 g/mol. The minimum absolute atomic E-state index is 0.107. The highest BCUT2D eigenvalue weighted by atomic mass is 19.1. The van der Waals surface area contributed by atoms with Crippen LogP contribution in [0.4, 0.5) is 10.1 Å². The molecule has 16 heavy (non-hydrogen) atoms. The molecule has 2 N–H and O–H groups in total. The fourth-order valence-corrected chi connectivity index (χ4v) is 1.66. The van der Waals surface area contributed by atoms with Crippen LogP contribution in [-0.4, -0.2) is 32.8 Å². The van der Waals surface area contributed by atoms with Crippen molar-refractivity contribution in [1.82, 2.24) is 0 Å². The van der Waals surface area contributed by atoms with Gasteiger partial charge in [0, 0.05) is 26.2 Å². The Hall–Kier alpha value is -1.13. The van der Waals surface area contributed by atoms with E-state index in [9.17, 15) is 4.39 Å². The number of methoxy groups -OCH3 is 1. The molecule has 1 aromatic rings. The first kappa shape index (κ1) is 12.9. The van der Waals surface area contributed by atoms with Crippen molar-refractivity contribution in [3.63, 3.8) is 0 Å². The zero-order valence-corrected chi connectivity index (χ0v) is 9.82. The standard InChI is InChI=1S/C12H19FN2O/c1-3-15(8-10(14)9-16-2)12-7-5-4-6-11(12)13/h4-7,10H,3,8-9,14H2,1-2H3. The van der Waals surface area contributed by atoms with Crippen molar-refractivity contribution in [2.75, 3.05) is 31.7 Å². The largest absolute Gasteiger partial charge is 0.383 e. The highest BCUT2D eigenvalue weighted by molar-refractivity contribution is 5.47. The van der Waals surface area contributed by atoms with Gasteiger partial charge < -0.3 is 15.4 Å². The summed E-state index contributed by atoms with van der Waals surface area (Å²) < 4.78 is 18.5. The number of ether oxygens (including phenoxy) is 1. The second kappa shape index (κ2) is 6.45. The summed E-state index contributed by atoms with van der Waals surface area (Å²) in [5.41, 5.74) is 6.45. The van der Waals surface area contributed by atoms with Crippen LogP contribution in [0, 0.1) is 5.82 Å². The van der Waals surface area contributed by atoms with Gasteiger partial charge in [0.25, 0.3) is 0 Å². The molecule has 0 aromatic heterocycles. The molecule has 0 bridgehead atoms. The van der Waals surface area contributed by atoms with Crippen LogP contribution in [0.2, 0.25) is 0 Å². The Morgan fingerprint density at radius 2 is 2.12 bits per heavy atom. The van der Waals surface area contributed by atoms with E-state index in [2.05, 4.69) is 0 Å². The van der Waals surface area contributed by atoms with Gasteiger partial charge in [0.1, 0.15) is 5.82 Å². The molecule has 90 valence electrons. The number of rotatable bonds is 6. The molecule has 0 saturated heterocycles. The predicted octanol–water partition coefficient (Wildman–Crippen LogP) is 1.63. The summed E-state index contributed by atoms with van der Waals surface area (Å²) in [4.78, 5) is 1.92. The average molecular weight is 226 g/mol. The van der Waals surface area contributed by atoms with Gasteiger partial charge in [0.2, 0.25) is 0 Å². The molecule has 1 atom stereocenters. The summed E-state index contributed by atoms with van der Waals surface area (Å²) in [6, 6.07) is 6.62. The summed E-state index contributed by atoms with van der Waals surface area (Å²) in [5.74, 6) is -0.214. The van der Waals surface area contributed by atoms with Crippen LogP contribution in [0.15, 0.2) is 24.3 Å². The lowest BCUT2D eigenvalue weighted by molar-refractivity contribution is 0.181. The zero-order valence-electron chi connectivity index (χ0n) is 9.82. The van der Waals surface area contributed by atoms with Crippen LogP contribution < -0.4 is 10.6 Å². The number of para-hydroxylation sites is 1. The molecule has 0 fully saturated rings. The van der Waals surface area contributed by atoms with E-state index >= 15 is 0 Å². The second-order valence-corrected chi connectivity index (χ2v) is 3.71. The third kappa shape index (κ3) is 3.47. The first-order chi connectivity index (χ1) is 7.69. The van der Waals surface area contributed by atoms with E-state index in [1.807, 2.05) is 17.9 Å². The molecule has 0 radical (unpaired) electrons. The van der Waals surface area contributed by atoms with Crippen LogP contribution in [0.1, 0.15) is 6.92 Å². The van der Waals surface area contributed by atoms with Gasteiger partial charge in [-0.25, -0.2) is 4.39 Å². The normalized spacial score (nSPS) is 12.5. The molecule has 0 aliphatic rings. The third-order valence-corrected chi connectivity index (χ3v) is 2.41. The van der Waals surface area contributed by atoms with E-state index in [0.717, 1.165) is 6.54 Å². The van der Waals surface area contributed by atoms with Gasteiger partial charge in [0.05, 0.1) is 12.3 Å². The average Bonchev–Trinajstić information content (AvgIpc) is 2.27. The maximum absolute atomic E-state index is 13.5. The SMILES string of the molecule is CCN(CC(N)COC)c1ccccc1F. The molecule has 0 heterocycles. The highest BCUT2D eigenvalue weighted by Gasteiger charge is 2.12. The van der Waals surface area contributed by atoms with E-state index in [4.69, 9.17) is 10.5 Å². The van der Waals surface area contributed by atoms with Crippen molar-refractivity contribution in [3.05, 3.63) is 30.1 Å². The molecule has 1 unspecified atom stereocenters. The number of hydrogen-bond acceptors (Lipinski definition) is 3. The molecule has 0 amide bonds. The minimum Gasteiger partial charge on any atom is -0.383 e. The van der Waals surface area contributed by atoms with Crippen molar-refractivity contribution in [1.29, 1.82) is 0 Å². The maximum Gasteiger partial charge on any atom is 0.146 e. The van der Waals surface area contributed by atoms with E-state index < -0.39 is 0 Å². The smallest absolute Gasteiger partial charge is 0.146 e. The van der Waals surface area contributed by atoms with Crippen LogP contribution in [0.3, 0.4) is 0 Å². The lowest BCUT2D eigenvalue weighted by Crippen LogP contribution is -2.40. The van der Waals surface area contributed by atoms with Gasteiger partial charge in [0.15, 0.2) is 0 Å². The molecule has 4 heteroatoms. The summed E-state index contributed by atoms with van der Waals surface area (Å²) in [6.07, 6.45) is 0. The summed E-state index contributed by atoms with van der Waals surface area (Å²) in [7, 11) is 1.61. The van der Waals surface area contributed by atoms with Gasteiger partial charge >= 0.3 is 0 Å². The van der Waals surface area contributed by atoms with E-state index in [1.165, 1.54) is 6.07 Å². The second-order valence-electron chi connectivity index (χ2n) is 3.71. The number of hydrogen-bond donors (Lipinski definition) is 1. The van der Waals surface area contributed by atoms with Crippen molar-refractivity contribution < 1.29 is 9.13 Å². The Kier molecular flexibility index (Phi) is 5.22. The van der Waals surface area contributed by atoms with E-state index in [1.54, 1.807) is 19.2 Å². The molecule has 0 saturated carbocycles. The molecule has 3 nitrogen and oxygen atoms in total. The lowest BCUT2D eigenvalue weighted by atomic mass is 10.2. The van der Waals surface area contributed by atoms with Crippen molar-refractivity contribution >= 4 is 5.69 Å². The number of benzene rings is 1. The zero-order chi connectivity index (χ0) is 12.0. The molecule has 1 rings (SSSR count). The van der Waals surface area contributed by atoms with Crippen molar-refractivity contribution in [2.45, 2.75) is 13.0 Å². The van der Waals surface area contributed by atoms with E-state index in [0.29, 0.717) is 18.8 Å². The summed E-state index contributed by atoms with van der Waals surface area (Å²) in [6.45, 7) is 3.76. The topological polar surface area (TPSA) is 38.5 Å². The lowest BCUT2D eigenvalue weighted by Gasteiger charge is -2.26. The van der Waals surface area contributed by atoms with Crippen LogP contribution in [0.5, 0.6) is 0 Å². The Bertz CT molecular complexity index is 320. The van der Waals surface area contributed by atoms with Crippen LogP contribution in [-0.2, 0) is 4.74 Å². The molecular formula is C12H19FN2O.